The van der Waals surface area contributed by atoms with Crippen molar-refractivity contribution in [3.05, 3.63) is 41.0 Å². The minimum Gasteiger partial charge on any atom is -0.391 e. The van der Waals surface area contributed by atoms with Crippen molar-refractivity contribution in [1.29, 1.82) is 0 Å². The number of halogens is 1. The van der Waals surface area contributed by atoms with Crippen LogP contribution in [0, 0.1) is 12.3 Å². The lowest BCUT2D eigenvalue weighted by Gasteiger charge is -2.35. The fourth-order valence-electron chi connectivity index (χ4n) is 5.02. The molecule has 1 aliphatic rings. The van der Waals surface area contributed by atoms with Gasteiger partial charge < -0.3 is 30.1 Å². The van der Waals surface area contributed by atoms with Gasteiger partial charge in [-0.15, -0.1) is 22.9 Å². The van der Waals surface area contributed by atoms with Crippen LogP contribution < -0.4 is 10.6 Å². The van der Waals surface area contributed by atoms with Crippen molar-refractivity contribution in [2.45, 2.75) is 84.5 Å². The summed E-state index contributed by atoms with van der Waals surface area (Å²) in [6.07, 6.45) is 3.41. The van der Waals surface area contributed by atoms with Gasteiger partial charge in [-0.05, 0) is 36.3 Å². The number of hydrogen-bond donors (Lipinski definition) is 3. The highest BCUT2D eigenvalue weighted by Crippen LogP contribution is 2.28. The molecule has 1 saturated heterocycles. The molecule has 0 saturated carbocycles. The zero-order chi connectivity index (χ0) is 32.1. The molecule has 3 amide bonds. The highest BCUT2D eigenvalue weighted by molar-refractivity contribution is 7.13. The van der Waals surface area contributed by atoms with Crippen LogP contribution in [0.15, 0.2) is 29.8 Å². The smallest absolute Gasteiger partial charge is 0.246 e. The number of nitrogens with one attached hydrogen (secondary N) is 2. The van der Waals surface area contributed by atoms with Gasteiger partial charge in [0.15, 0.2) is 0 Å². The Morgan fingerprint density at radius 3 is 2.45 bits per heavy atom. The number of rotatable bonds is 17. The summed E-state index contributed by atoms with van der Waals surface area (Å²) in [4.78, 5) is 46.5. The summed E-state index contributed by atoms with van der Waals surface area (Å²) in [6, 6.07) is 6.14. The predicted molar refractivity (Wildman–Crippen MR) is 172 cm³/mol. The average Bonchev–Trinajstić information content (AvgIpc) is 3.60. The molecule has 2 aromatic rings. The van der Waals surface area contributed by atoms with Crippen LogP contribution in [-0.4, -0.2) is 89.8 Å². The molecule has 244 valence electrons. The molecule has 3 atom stereocenters. The maximum atomic E-state index is 13.7. The lowest BCUT2D eigenvalue weighted by molar-refractivity contribution is -0.144. The molecule has 44 heavy (non-hydrogen) atoms. The maximum absolute atomic E-state index is 13.7. The summed E-state index contributed by atoms with van der Waals surface area (Å²) in [5.74, 6) is -0.515. The molecule has 1 unspecified atom stereocenters. The molecule has 0 aliphatic carbocycles. The number of unbranched alkanes of at least 4 members (excludes halogenated alkanes) is 3. The van der Waals surface area contributed by atoms with Gasteiger partial charge in [0.05, 0.1) is 35.4 Å². The molecular weight excluding hydrogens is 604 g/mol. The van der Waals surface area contributed by atoms with E-state index in [1.807, 2.05) is 57.5 Å². The predicted octanol–water partition coefficient (Wildman–Crippen LogP) is 4.06. The Bertz CT molecular complexity index is 1200. The zero-order valence-electron chi connectivity index (χ0n) is 26.3. The Morgan fingerprint density at radius 1 is 1.09 bits per heavy atom. The summed E-state index contributed by atoms with van der Waals surface area (Å²) in [5.41, 5.74) is 4.12. The number of ether oxygens (including phenoxy) is 2. The summed E-state index contributed by atoms with van der Waals surface area (Å²) in [5, 5.41) is 16.1. The number of benzene rings is 1. The number of carbonyl (C=O) groups excluding carboxylic acids is 3. The molecule has 2 heterocycles. The molecule has 1 fully saturated rings. The topological polar surface area (TPSA) is 130 Å². The molecule has 3 N–H and O–H groups in total. The molecule has 0 radical (unpaired) electrons. The lowest BCUT2D eigenvalue weighted by atomic mass is 9.85. The second-order valence-electron chi connectivity index (χ2n) is 12.2. The summed E-state index contributed by atoms with van der Waals surface area (Å²) >= 11 is 7.26. The van der Waals surface area contributed by atoms with E-state index in [9.17, 15) is 19.5 Å². The normalized spacial score (nSPS) is 17.5. The second kappa shape index (κ2) is 17.8. The Morgan fingerprint density at radius 2 is 1.80 bits per heavy atom. The van der Waals surface area contributed by atoms with E-state index in [1.54, 1.807) is 11.3 Å². The number of hydrogen-bond acceptors (Lipinski definition) is 8. The van der Waals surface area contributed by atoms with Crippen molar-refractivity contribution in [3.63, 3.8) is 0 Å². The minimum atomic E-state index is -0.911. The first-order valence-electron chi connectivity index (χ1n) is 15.3. The van der Waals surface area contributed by atoms with Crippen LogP contribution in [-0.2, 0) is 30.4 Å². The molecule has 10 nitrogen and oxygen atoms in total. The Labute approximate surface area is 269 Å². The number of carbonyl (C=O) groups is 3. The van der Waals surface area contributed by atoms with E-state index in [0.29, 0.717) is 19.1 Å². The largest absolute Gasteiger partial charge is 0.391 e. The second-order valence-corrected chi connectivity index (χ2v) is 13.4. The van der Waals surface area contributed by atoms with Gasteiger partial charge >= 0.3 is 0 Å². The van der Waals surface area contributed by atoms with E-state index in [4.69, 9.17) is 21.1 Å². The maximum Gasteiger partial charge on any atom is 0.246 e. The Kier molecular flexibility index (Phi) is 14.5. The van der Waals surface area contributed by atoms with Gasteiger partial charge in [0.1, 0.15) is 18.7 Å². The molecule has 3 rings (SSSR count). The lowest BCUT2D eigenvalue weighted by Crippen LogP contribution is -2.58. The van der Waals surface area contributed by atoms with Crippen LogP contribution in [0.1, 0.15) is 64.1 Å². The first-order chi connectivity index (χ1) is 21.0. The van der Waals surface area contributed by atoms with E-state index in [1.165, 1.54) is 4.90 Å². The molecule has 1 aromatic carbocycles. The Hall–Kier alpha value is -2.57. The average molecular weight is 651 g/mol. The number of β-amino-alcohol motifs (C(OH)–C–C–N with tert-alkyl or cyclic N) is 1. The highest BCUT2D eigenvalue weighted by Gasteiger charge is 2.44. The fourth-order valence-corrected chi connectivity index (χ4v) is 6.02. The van der Waals surface area contributed by atoms with E-state index in [0.717, 1.165) is 47.4 Å². The SMILES string of the molecule is Cc1ncsc1-c1ccc(CNC(=O)[C@@H]2C[C@@H](O)CN2C(=O)C(NC(=O)COCCOCCCCCCCl)C(C)(C)C)cc1. The molecule has 1 aromatic heterocycles. The first kappa shape index (κ1) is 35.9. The zero-order valence-corrected chi connectivity index (χ0v) is 27.8. The summed E-state index contributed by atoms with van der Waals surface area (Å²) in [6.45, 7) is 8.86. The molecule has 0 spiro atoms. The monoisotopic (exact) mass is 650 g/mol. The van der Waals surface area contributed by atoms with Crippen LogP contribution in [0.2, 0.25) is 0 Å². The van der Waals surface area contributed by atoms with Gasteiger partial charge in [-0.2, -0.15) is 0 Å². The number of aryl methyl sites for hydroxylation is 1. The first-order valence-corrected chi connectivity index (χ1v) is 16.7. The third-order valence-corrected chi connectivity index (χ3v) is 8.73. The molecule has 1 aliphatic heterocycles. The van der Waals surface area contributed by atoms with Gasteiger partial charge in [0.2, 0.25) is 17.7 Å². The van der Waals surface area contributed by atoms with Gasteiger partial charge in [-0.1, -0.05) is 57.9 Å². The van der Waals surface area contributed by atoms with E-state index >= 15 is 0 Å². The van der Waals surface area contributed by atoms with Crippen LogP contribution >= 0.6 is 22.9 Å². The highest BCUT2D eigenvalue weighted by atomic mass is 35.5. The summed E-state index contributed by atoms with van der Waals surface area (Å²) < 4.78 is 11.0. The van der Waals surface area contributed by atoms with E-state index in [-0.39, 0.29) is 38.6 Å². The third-order valence-electron chi connectivity index (χ3n) is 7.49. The quantitative estimate of drug-likeness (QED) is 0.174. The van der Waals surface area contributed by atoms with Crippen LogP contribution in [0.3, 0.4) is 0 Å². The van der Waals surface area contributed by atoms with Crippen molar-refractivity contribution in [2.24, 2.45) is 5.41 Å². The van der Waals surface area contributed by atoms with Crippen molar-refractivity contribution in [2.75, 3.05) is 38.9 Å². The standard InChI is InChI=1S/C32H47ClN4O6S/c1-22-28(44-21-35-22)24-11-9-23(10-12-24)18-34-30(40)26-17-25(38)19-37(26)31(41)29(32(2,3)4)36-27(39)20-43-16-15-42-14-8-6-5-7-13-33/h9-12,21,25-26,29,38H,5-8,13-20H2,1-4H3,(H,34,40)(H,36,39)/t25-,26+,29?/m1/s1. The van der Waals surface area contributed by atoms with Crippen LogP contribution in [0.25, 0.3) is 10.4 Å². The van der Waals surface area contributed by atoms with Gasteiger partial charge in [0, 0.05) is 32.0 Å². The van der Waals surface area contributed by atoms with E-state index < -0.39 is 35.4 Å². The summed E-state index contributed by atoms with van der Waals surface area (Å²) in [7, 11) is 0. The van der Waals surface area contributed by atoms with E-state index in [2.05, 4.69) is 15.6 Å². The number of thiazole rings is 1. The van der Waals surface area contributed by atoms with Crippen LogP contribution in [0.4, 0.5) is 0 Å². The minimum absolute atomic E-state index is 0.0159. The van der Waals surface area contributed by atoms with Crippen molar-refractivity contribution < 1.29 is 29.0 Å². The molecule has 0 bridgehead atoms. The number of amides is 3. The van der Waals surface area contributed by atoms with Gasteiger partial charge in [0.25, 0.3) is 0 Å². The van der Waals surface area contributed by atoms with Crippen molar-refractivity contribution >= 4 is 40.7 Å². The van der Waals surface area contributed by atoms with Gasteiger partial charge in [-0.3, -0.25) is 14.4 Å². The number of aromatic nitrogens is 1. The molecule has 12 heteroatoms. The number of aliphatic hydroxyl groups excluding tert-OH is 1. The fraction of sp³-hybridized carbons (Fsp3) is 0.625. The van der Waals surface area contributed by atoms with Gasteiger partial charge in [-0.25, -0.2) is 4.98 Å². The van der Waals surface area contributed by atoms with Crippen molar-refractivity contribution in [3.8, 4) is 10.4 Å². The number of nitrogens with zero attached hydrogens (tertiary/aromatic N) is 2. The van der Waals surface area contributed by atoms with Crippen molar-refractivity contribution in [1.82, 2.24) is 20.5 Å². The Balaban J connectivity index is 1.49. The number of aliphatic hydroxyl groups is 1. The number of alkyl halides is 1. The third kappa shape index (κ3) is 11.1. The molecular formula is C32H47ClN4O6S. The number of likely N-dealkylation sites (tertiary alicyclic amines) is 1. The van der Waals surface area contributed by atoms with Crippen LogP contribution in [0.5, 0.6) is 0 Å².